The summed E-state index contributed by atoms with van der Waals surface area (Å²) < 4.78 is 28.3. The topological polar surface area (TPSA) is 136 Å². The van der Waals surface area contributed by atoms with E-state index in [9.17, 15) is 18.8 Å². The molecule has 0 bridgehead atoms. The number of aromatic nitrogens is 5. The fraction of sp³-hybridized carbons (Fsp3) is 0.423. The number of carbonyl (C=O) groups is 1. The Bertz CT molecular complexity index is 1640. The van der Waals surface area contributed by atoms with E-state index in [0.717, 1.165) is 15.9 Å². The number of rotatable bonds is 10. The third kappa shape index (κ3) is 5.11. The van der Waals surface area contributed by atoms with Crippen molar-refractivity contribution in [3.05, 3.63) is 68.4 Å². The molecule has 4 aromatic rings. The molecule has 11 nitrogen and oxygen atoms in total. The second-order valence-corrected chi connectivity index (χ2v) is 11.1. The SMILES string of the molecule is COc1ccc(F)cc1[C@H](Cn1c(=O)n(C(C)(C)C(N)=O)c(=O)c2c(C)c(-n3nccn3)sc21)OCC(C)C. The largest absolute Gasteiger partial charge is 0.496 e. The molecule has 0 aliphatic heterocycles. The molecular weight excluding hydrogens is 527 g/mol. The predicted molar refractivity (Wildman–Crippen MR) is 145 cm³/mol. The standard InChI is InChI=1S/C26H31FN6O5S/c1-14(2)13-38-19(17-11-16(27)7-8-18(17)37-6)12-31-23-20(15(3)22(39-23)33-29-9-10-30-33)21(34)32(25(31)36)26(4,5)24(28)35/h7-11,14,19H,12-13H2,1-6H3,(H2,28,35)/t19-/m0/s1. The molecule has 0 saturated heterocycles. The molecule has 208 valence electrons. The van der Waals surface area contributed by atoms with Gasteiger partial charge < -0.3 is 15.2 Å². The minimum Gasteiger partial charge on any atom is -0.496 e. The molecule has 0 aliphatic carbocycles. The van der Waals surface area contributed by atoms with Crippen LogP contribution in [0, 0.1) is 18.7 Å². The molecule has 0 fully saturated rings. The Hall–Kier alpha value is -3.84. The van der Waals surface area contributed by atoms with Crippen LogP contribution in [0.2, 0.25) is 0 Å². The molecule has 3 aromatic heterocycles. The number of nitrogens with two attached hydrogens (primary N) is 1. The normalized spacial score (nSPS) is 12.8. The van der Waals surface area contributed by atoms with E-state index in [0.29, 0.717) is 33.3 Å². The summed E-state index contributed by atoms with van der Waals surface area (Å²) in [5.74, 6) is -0.841. The molecule has 0 aliphatic rings. The van der Waals surface area contributed by atoms with Crippen LogP contribution in [-0.2, 0) is 21.6 Å². The van der Waals surface area contributed by atoms with E-state index in [4.69, 9.17) is 15.2 Å². The number of amides is 1. The summed E-state index contributed by atoms with van der Waals surface area (Å²) in [4.78, 5) is 41.9. The van der Waals surface area contributed by atoms with Crippen molar-refractivity contribution in [2.24, 2.45) is 11.7 Å². The Morgan fingerprint density at radius 3 is 2.46 bits per heavy atom. The van der Waals surface area contributed by atoms with Gasteiger partial charge in [0.1, 0.15) is 33.0 Å². The van der Waals surface area contributed by atoms with Gasteiger partial charge >= 0.3 is 5.69 Å². The summed E-state index contributed by atoms with van der Waals surface area (Å²) in [5.41, 5.74) is 3.49. The minimum absolute atomic E-state index is 0.108. The number of aryl methyl sites for hydroxylation is 1. The number of primary amides is 1. The number of benzene rings is 1. The number of hydrogen-bond donors (Lipinski definition) is 1. The third-order valence-corrected chi connectivity index (χ3v) is 7.75. The highest BCUT2D eigenvalue weighted by molar-refractivity contribution is 7.21. The lowest BCUT2D eigenvalue weighted by molar-refractivity contribution is -0.125. The number of thiophene rings is 1. The monoisotopic (exact) mass is 558 g/mol. The molecule has 0 spiro atoms. The molecule has 1 atom stereocenters. The second-order valence-electron chi connectivity index (χ2n) is 10.1. The van der Waals surface area contributed by atoms with Gasteiger partial charge in [-0.3, -0.25) is 14.2 Å². The lowest BCUT2D eigenvalue weighted by Gasteiger charge is -2.26. The van der Waals surface area contributed by atoms with Crippen LogP contribution >= 0.6 is 11.3 Å². The lowest BCUT2D eigenvalue weighted by Crippen LogP contribution is -2.54. The third-order valence-electron chi connectivity index (χ3n) is 6.47. The van der Waals surface area contributed by atoms with Crippen molar-refractivity contribution in [3.63, 3.8) is 0 Å². The summed E-state index contributed by atoms with van der Waals surface area (Å²) in [5, 5.41) is 9.10. The fourth-order valence-electron chi connectivity index (χ4n) is 4.28. The van der Waals surface area contributed by atoms with Crippen molar-refractivity contribution >= 4 is 27.5 Å². The zero-order valence-electron chi connectivity index (χ0n) is 22.6. The predicted octanol–water partition coefficient (Wildman–Crippen LogP) is 2.90. The van der Waals surface area contributed by atoms with E-state index in [-0.39, 0.29) is 17.8 Å². The van der Waals surface area contributed by atoms with E-state index < -0.39 is 34.6 Å². The van der Waals surface area contributed by atoms with Crippen LogP contribution in [0.1, 0.15) is 44.9 Å². The highest BCUT2D eigenvalue weighted by atomic mass is 32.1. The first kappa shape index (κ1) is 28.2. The average Bonchev–Trinajstić information content (AvgIpc) is 3.51. The van der Waals surface area contributed by atoms with Gasteiger partial charge in [-0.15, -0.1) is 4.80 Å². The molecule has 3 heterocycles. The fourth-order valence-corrected chi connectivity index (χ4v) is 5.50. The van der Waals surface area contributed by atoms with E-state index in [1.54, 1.807) is 6.92 Å². The highest BCUT2D eigenvalue weighted by Gasteiger charge is 2.34. The Morgan fingerprint density at radius 2 is 1.87 bits per heavy atom. The molecule has 1 aromatic carbocycles. The van der Waals surface area contributed by atoms with Crippen molar-refractivity contribution in [2.75, 3.05) is 13.7 Å². The number of ether oxygens (including phenoxy) is 2. The quantitative estimate of drug-likeness (QED) is 0.316. The van der Waals surface area contributed by atoms with Gasteiger partial charge in [-0.25, -0.2) is 13.8 Å². The first-order chi connectivity index (χ1) is 18.4. The van der Waals surface area contributed by atoms with E-state index >= 15 is 0 Å². The van der Waals surface area contributed by atoms with Crippen molar-refractivity contribution in [1.82, 2.24) is 24.1 Å². The maximum atomic E-state index is 14.4. The van der Waals surface area contributed by atoms with Gasteiger partial charge in [0.25, 0.3) is 5.56 Å². The van der Waals surface area contributed by atoms with Gasteiger partial charge in [0.15, 0.2) is 0 Å². The Kier molecular flexibility index (Phi) is 7.75. The average molecular weight is 559 g/mol. The number of nitrogens with zero attached hydrogens (tertiary/aromatic N) is 5. The van der Waals surface area contributed by atoms with Gasteiger partial charge in [-0.2, -0.15) is 10.2 Å². The first-order valence-corrected chi connectivity index (χ1v) is 13.1. The molecular formula is C26H31FN6O5S. The number of methoxy groups -OCH3 is 1. The van der Waals surface area contributed by atoms with Gasteiger partial charge in [0.2, 0.25) is 5.91 Å². The van der Waals surface area contributed by atoms with E-state index in [1.807, 2.05) is 13.8 Å². The summed E-state index contributed by atoms with van der Waals surface area (Å²) >= 11 is 1.15. The van der Waals surface area contributed by atoms with Gasteiger partial charge in [0, 0.05) is 17.7 Å². The Morgan fingerprint density at radius 1 is 1.21 bits per heavy atom. The molecule has 39 heavy (non-hydrogen) atoms. The summed E-state index contributed by atoms with van der Waals surface area (Å²) in [6.45, 7) is 8.67. The van der Waals surface area contributed by atoms with E-state index in [1.165, 1.54) is 60.9 Å². The Labute approximate surface area is 227 Å². The lowest BCUT2D eigenvalue weighted by atomic mass is 10.0. The smallest absolute Gasteiger partial charge is 0.333 e. The molecule has 2 N–H and O–H groups in total. The molecule has 0 saturated carbocycles. The number of fused-ring (bicyclic) bond motifs is 1. The maximum Gasteiger partial charge on any atom is 0.333 e. The van der Waals surface area contributed by atoms with Crippen molar-refractivity contribution in [1.29, 1.82) is 0 Å². The number of carbonyl (C=O) groups excluding carboxylic acids is 1. The van der Waals surface area contributed by atoms with Crippen LogP contribution in [-0.4, -0.2) is 43.8 Å². The van der Waals surface area contributed by atoms with E-state index in [2.05, 4.69) is 10.2 Å². The van der Waals surface area contributed by atoms with Crippen molar-refractivity contribution in [3.8, 4) is 10.8 Å². The van der Waals surface area contributed by atoms with Gasteiger partial charge in [-0.05, 0) is 44.9 Å². The van der Waals surface area contributed by atoms with Crippen LogP contribution in [0.3, 0.4) is 0 Å². The van der Waals surface area contributed by atoms with Crippen molar-refractivity contribution in [2.45, 2.75) is 52.8 Å². The number of hydrogen-bond acceptors (Lipinski definition) is 8. The zero-order valence-corrected chi connectivity index (χ0v) is 23.4. The summed E-state index contributed by atoms with van der Waals surface area (Å²) in [6, 6.07) is 4.06. The molecule has 4 rings (SSSR count). The Balaban J connectivity index is 2.04. The minimum atomic E-state index is -1.65. The molecule has 1 amide bonds. The van der Waals surface area contributed by atoms with Crippen LogP contribution in [0.15, 0.2) is 40.2 Å². The first-order valence-electron chi connectivity index (χ1n) is 12.3. The summed E-state index contributed by atoms with van der Waals surface area (Å²) in [6.07, 6.45) is 2.16. The van der Waals surface area contributed by atoms with Crippen LogP contribution in [0.4, 0.5) is 4.39 Å². The zero-order chi connectivity index (χ0) is 28.6. The number of halogens is 1. The van der Waals surface area contributed by atoms with Crippen LogP contribution in [0.25, 0.3) is 15.2 Å². The van der Waals surface area contributed by atoms with Crippen molar-refractivity contribution < 1.29 is 18.7 Å². The molecule has 0 radical (unpaired) electrons. The maximum absolute atomic E-state index is 14.4. The van der Waals surface area contributed by atoms with Gasteiger partial charge in [0.05, 0.1) is 31.4 Å². The molecule has 13 heteroatoms. The van der Waals surface area contributed by atoms with Gasteiger partial charge in [-0.1, -0.05) is 25.2 Å². The van der Waals surface area contributed by atoms with Crippen LogP contribution in [0.5, 0.6) is 5.75 Å². The highest BCUT2D eigenvalue weighted by Crippen LogP contribution is 2.34. The summed E-state index contributed by atoms with van der Waals surface area (Å²) in [7, 11) is 1.46. The van der Waals surface area contributed by atoms with Crippen LogP contribution < -0.4 is 21.7 Å². The second kappa shape index (κ2) is 10.7. The molecule has 0 unspecified atom stereocenters.